The van der Waals surface area contributed by atoms with Crippen LogP contribution in [-0.4, -0.2) is 61.9 Å². The first-order chi connectivity index (χ1) is 18.2. The molecule has 2 heterocycles. The lowest BCUT2D eigenvalue weighted by Crippen LogP contribution is -2.39. The smallest absolute Gasteiger partial charge is 0.306 e. The number of nitrogens with one attached hydrogen (secondary N) is 1. The average Bonchev–Trinajstić information content (AvgIpc) is 2.87. The quantitative estimate of drug-likeness (QED) is 0.350. The molecule has 1 aromatic heterocycles. The standard InChI is InChI=1S/C27H33FN4O5S/c1-4-35-24-14-19(15-25(36-5-2)26(24)20-6-8-21(28)9-7-20)18-32-12-10-22(11-13-32)31-27-29-16-23(17-30-27)37-38(3,33)34/h6-9,14-17,22H,4-5,10-13,18H2,1-3H3,(H,29,30,31). The molecule has 38 heavy (non-hydrogen) atoms. The molecule has 9 nitrogen and oxygen atoms in total. The molecule has 0 bridgehead atoms. The molecule has 1 aliphatic heterocycles. The van der Waals surface area contributed by atoms with Gasteiger partial charge in [-0.3, -0.25) is 4.90 Å². The van der Waals surface area contributed by atoms with Crippen molar-refractivity contribution in [1.82, 2.24) is 14.9 Å². The zero-order valence-corrected chi connectivity index (χ0v) is 22.6. The van der Waals surface area contributed by atoms with E-state index in [-0.39, 0.29) is 17.6 Å². The van der Waals surface area contributed by atoms with Gasteiger partial charge in [0.05, 0.1) is 37.4 Å². The SMILES string of the molecule is CCOc1cc(CN2CCC(Nc3ncc(OS(C)(=O)=O)cn3)CC2)cc(OCC)c1-c1ccc(F)cc1. The van der Waals surface area contributed by atoms with Crippen molar-refractivity contribution >= 4 is 16.1 Å². The second-order valence-corrected chi connectivity index (χ2v) is 10.6. The van der Waals surface area contributed by atoms with Crippen molar-refractivity contribution in [3.63, 3.8) is 0 Å². The highest BCUT2D eigenvalue weighted by molar-refractivity contribution is 7.86. The van der Waals surface area contributed by atoms with Gasteiger partial charge in [0.2, 0.25) is 5.95 Å². The van der Waals surface area contributed by atoms with Crippen molar-refractivity contribution in [2.75, 3.05) is 37.9 Å². The fourth-order valence-corrected chi connectivity index (χ4v) is 4.90. The molecule has 0 saturated carbocycles. The molecule has 3 aromatic rings. The van der Waals surface area contributed by atoms with E-state index in [0.717, 1.165) is 66.9 Å². The Kier molecular flexibility index (Phi) is 9.01. The van der Waals surface area contributed by atoms with Crippen LogP contribution in [0.4, 0.5) is 10.3 Å². The van der Waals surface area contributed by atoms with Gasteiger partial charge in [-0.2, -0.15) is 8.42 Å². The maximum absolute atomic E-state index is 13.5. The van der Waals surface area contributed by atoms with Crippen LogP contribution in [0.15, 0.2) is 48.8 Å². The molecule has 11 heteroatoms. The first kappa shape index (κ1) is 27.6. The van der Waals surface area contributed by atoms with E-state index in [9.17, 15) is 12.8 Å². The van der Waals surface area contributed by atoms with Crippen molar-refractivity contribution in [3.8, 4) is 28.4 Å². The monoisotopic (exact) mass is 544 g/mol. The number of benzene rings is 2. The van der Waals surface area contributed by atoms with Gasteiger partial charge in [-0.15, -0.1) is 0 Å². The number of hydrogen-bond donors (Lipinski definition) is 1. The third-order valence-electron chi connectivity index (χ3n) is 6.06. The van der Waals surface area contributed by atoms with E-state index in [1.54, 1.807) is 12.1 Å². The fraction of sp³-hybridized carbons (Fsp3) is 0.407. The molecule has 0 unspecified atom stereocenters. The molecular formula is C27H33FN4O5S. The number of rotatable bonds is 11. The lowest BCUT2D eigenvalue weighted by Gasteiger charge is -2.32. The van der Waals surface area contributed by atoms with E-state index in [4.69, 9.17) is 13.7 Å². The van der Waals surface area contributed by atoms with Gasteiger partial charge in [0.25, 0.3) is 0 Å². The minimum Gasteiger partial charge on any atom is -0.493 e. The normalized spacial score (nSPS) is 14.7. The minimum atomic E-state index is -3.62. The van der Waals surface area contributed by atoms with Crippen LogP contribution in [0.5, 0.6) is 17.2 Å². The summed E-state index contributed by atoms with van der Waals surface area (Å²) >= 11 is 0. The third kappa shape index (κ3) is 7.55. The second kappa shape index (κ2) is 12.4. The highest BCUT2D eigenvalue weighted by Crippen LogP contribution is 2.40. The van der Waals surface area contributed by atoms with Gasteiger partial charge in [0.15, 0.2) is 5.75 Å². The predicted octanol–water partition coefficient (Wildman–Crippen LogP) is 4.50. The number of ether oxygens (including phenoxy) is 2. The van der Waals surface area contributed by atoms with Crippen LogP contribution < -0.4 is 19.0 Å². The summed E-state index contributed by atoms with van der Waals surface area (Å²) in [5.74, 6) is 1.66. The molecular weight excluding hydrogens is 511 g/mol. The summed E-state index contributed by atoms with van der Waals surface area (Å²) in [6, 6.07) is 10.6. The number of likely N-dealkylation sites (tertiary alicyclic amines) is 1. The summed E-state index contributed by atoms with van der Waals surface area (Å²) in [6.07, 6.45) is 5.45. The zero-order chi connectivity index (χ0) is 27.1. The first-order valence-electron chi connectivity index (χ1n) is 12.6. The van der Waals surface area contributed by atoms with Crippen LogP contribution in [-0.2, 0) is 16.7 Å². The number of hydrogen-bond acceptors (Lipinski definition) is 9. The topological polar surface area (TPSA) is 103 Å². The molecule has 1 fully saturated rings. The summed E-state index contributed by atoms with van der Waals surface area (Å²) in [7, 11) is -3.62. The van der Waals surface area contributed by atoms with Crippen LogP contribution in [0.3, 0.4) is 0 Å². The summed E-state index contributed by atoms with van der Waals surface area (Å²) in [6.45, 7) is 7.38. The molecule has 0 radical (unpaired) electrons. The van der Waals surface area contributed by atoms with Crippen LogP contribution in [0.25, 0.3) is 11.1 Å². The Bertz CT molecular complexity index is 1290. The molecule has 1 saturated heterocycles. The first-order valence-corrected chi connectivity index (χ1v) is 14.4. The number of piperidine rings is 1. The van der Waals surface area contributed by atoms with Gasteiger partial charge < -0.3 is 19.0 Å². The number of halogens is 1. The van der Waals surface area contributed by atoms with Crippen molar-refractivity contribution in [1.29, 1.82) is 0 Å². The predicted molar refractivity (Wildman–Crippen MR) is 144 cm³/mol. The van der Waals surface area contributed by atoms with Gasteiger partial charge in [-0.25, -0.2) is 14.4 Å². The van der Waals surface area contributed by atoms with E-state index in [1.807, 2.05) is 26.0 Å². The number of aromatic nitrogens is 2. The van der Waals surface area contributed by atoms with Crippen LogP contribution >= 0.6 is 0 Å². The van der Waals surface area contributed by atoms with Gasteiger partial charge in [-0.1, -0.05) is 12.1 Å². The second-order valence-electron chi connectivity index (χ2n) is 9.06. The summed E-state index contributed by atoms with van der Waals surface area (Å²) < 4.78 is 52.8. The summed E-state index contributed by atoms with van der Waals surface area (Å²) in [5, 5.41) is 3.32. The van der Waals surface area contributed by atoms with Crippen molar-refractivity contribution < 1.29 is 26.5 Å². The molecule has 2 aromatic carbocycles. The van der Waals surface area contributed by atoms with Crippen LogP contribution in [0.1, 0.15) is 32.3 Å². The molecule has 0 amide bonds. The highest BCUT2D eigenvalue weighted by atomic mass is 32.2. The summed E-state index contributed by atoms with van der Waals surface area (Å²) in [4.78, 5) is 10.7. The minimum absolute atomic E-state index is 0.0798. The third-order valence-corrected chi connectivity index (χ3v) is 6.56. The average molecular weight is 545 g/mol. The van der Waals surface area contributed by atoms with E-state index in [1.165, 1.54) is 24.5 Å². The largest absolute Gasteiger partial charge is 0.493 e. The van der Waals surface area contributed by atoms with E-state index in [0.29, 0.717) is 19.2 Å². The van der Waals surface area contributed by atoms with Gasteiger partial charge in [-0.05, 0) is 62.1 Å². The lowest BCUT2D eigenvalue weighted by molar-refractivity contribution is 0.210. The van der Waals surface area contributed by atoms with E-state index < -0.39 is 10.1 Å². The Morgan fingerprint density at radius 2 is 1.58 bits per heavy atom. The highest BCUT2D eigenvalue weighted by Gasteiger charge is 2.22. The van der Waals surface area contributed by atoms with Crippen LogP contribution in [0.2, 0.25) is 0 Å². The Morgan fingerprint density at radius 3 is 2.11 bits per heavy atom. The van der Waals surface area contributed by atoms with E-state index >= 15 is 0 Å². The Labute approximate surface area is 223 Å². The van der Waals surface area contributed by atoms with Gasteiger partial charge in [0.1, 0.15) is 17.3 Å². The van der Waals surface area contributed by atoms with E-state index in [2.05, 4.69) is 20.2 Å². The molecule has 0 spiro atoms. The molecule has 1 aliphatic rings. The molecule has 4 rings (SSSR count). The molecule has 0 atom stereocenters. The van der Waals surface area contributed by atoms with Crippen molar-refractivity contribution in [2.24, 2.45) is 0 Å². The lowest BCUT2D eigenvalue weighted by atomic mass is 9.99. The number of anilines is 1. The maximum Gasteiger partial charge on any atom is 0.306 e. The summed E-state index contributed by atoms with van der Waals surface area (Å²) in [5.41, 5.74) is 2.75. The van der Waals surface area contributed by atoms with Crippen molar-refractivity contribution in [2.45, 2.75) is 39.3 Å². The van der Waals surface area contributed by atoms with Gasteiger partial charge >= 0.3 is 10.1 Å². The molecule has 1 N–H and O–H groups in total. The fourth-order valence-electron chi connectivity index (χ4n) is 4.46. The molecule has 0 aliphatic carbocycles. The Morgan fingerprint density at radius 1 is 1.00 bits per heavy atom. The Hall–Kier alpha value is -3.44. The van der Waals surface area contributed by atoms with Crippen molar-refractivity contribution in [3.05, 3.63) is 60.2 Å². The zero-order valence-electron chi connectivity index (χ0n) is 21.8. The van der Waals surface area contributed by atoms with Crippen LogP contribution in [0, 0.1) is 5.82 Å². The Balaban J connectivity index is 1.41. The number of nitrogens with zero attached hydrogens (tertiary/aromatic N) is 3. The molecule has 204 valence electrons. The van der Waals surface area contributed by atoms with Gasteiger partial charge in [0, 0.05) is 25.7 Å². The maximum atomic E-state index is 13.5.